The zero-order valence-corrected chi connectivity index (χ0v) is 33.8. The van der Waals surface area contributed by atoms with E-state index in [1.54, 1.807) is 13.8 Å². The van der Waals surface area contributed by atoms with Gasteiger partial charge in [0.2, 0.25) is 11.8 Å². The van der Waals surface area contributed by atoms with Gasteiger partial charge in [-0.3, -0.25) is 14.4 Å². The first-order valence-electron chi connectivity index (χ1n) is 20.1. The molecule has 5 aliphatic carbocycles. The van der Waals surface area contributed by atoms with Gasteiger partial charge in [0.15, 0.2) is 0 Å². The van der Waals surface area contributed by atoms with E-state index in [4.69, 9.17) is 4.74 Å². The van der Waals surface area contributed by atoms with Gasteiger partial charge in [-0.05, 0) is 149 Å². The number of fused-ring (bicyclic) bond motifs is 7. The minimum Gasteiger partial charge on any atom is -0.481 e. The second-order valence-corrected chi connectivity index (χ2v) is 20.4. The van der Waals surface area contributed by atoms with Gasteiger partial charge in [-0.15, -0.1) is 0 Å². The molecule has 0 saturated heterocycles. The van der Waals surface area contributed by atoms with E-state index in [0.717, 1.165) is 64.2 Å². The average Bonchev–Trinajstić information content (AvgIpc) is 3.43. The third kappa shape index (κ3) is 6.28. The van der Waals surface area contributed by atoms with E-state index in [2.05, 4.69) is 72.6 Å². The molecule has 0 aromatic carbocycles. The number of esters is 1. The van der Waals surface area contributed by atoms with Crippen LogP contribution in [0.2, 0.25) is 0 Å². The predicted molar refractivity (Wildman–Crippen MR) is 200 cm³/mol. The summed E-state index contributed by atoms with van der Waals surface area (Å²) in [5.74, 6) is 0.672. The molecule has 288 valence electrons. The van der Waals surface area contributed by atoms with E-state index in [9.17, 15) is 24.3 Å². The van der Waals surface area contributed by atoms with Gasteiger partial charge in [-0.2, -0.15) is 0 Å². The van der Waals surface area contributed by atoms with Crippen molar-refractivity contribution in [2.45, 2.75) is 158 Å². The van der Waals surface area contributed by atoms with Crippen LogP contribution in [-0.2, 0) is 23.9 Å². The smallest absolute Gasteiger partial charge is 0.328 e. The highest BCUT2D eigenvalue weighted by molar-refractivity contribution is 5.89. The number of aliphatic carboxylic acids is 1. The monoisotopic (exact) mass is 711 g/mol. The van der Waals surface area contributed by atoms with Crippen molar-refractivity contribution in [3.05, 3.63) is 12.2 Å². The molecular weight excluding hydrogens is 640 g/mol. The highest BCUT2D eigenvalue weighted by Gasteiger charge is 2.72. The van der Waals surface area contributed by atoms with Crippen molar-refractivity contribution in [2.24, 2.45) is 68.0 Å². The Morgan fingerprint density at radius 1 is 0.882 bits per heavy atom. The number of allylic oxidation sites excluding steroid dienone is 1. The SMILES string of the molecule is C=C(C)C1CCC2(C(=O)NC(CC(C)C)C(=O)OC)CCC3(C)C(CCC4C5(C)CCC(NC(=O)CC(C)(C)C(=O)O)C(C)(C)C5CCC43C)C12. The molecule has 8 heteroatoms. The lowest BCUT2D eigenvalue weighted by atomic mass is 9.32. The Bertz CT molecular complexity index is 1420. The van der Waals surface area contributed by atoms with E-state index in [-0.39, 0.29) is 63.7 Å². The van der Waals surface area contributed by atoms with Crippen molar-refractivity contribution in [1.82, 2.24) is 10.6 Å². The fraction of sp³-hybridized carbons (Fsp3) is 0.860. The topological polar surface area (TPSA) is 122 Å². The molecule has 0 aromatic rings. The fourth-order valence-corrected chi connectivity index (χ4v) is 13.7. The van der Waals surface area contributed by atoms with Gasteiger partial charge in [0, 0.05) is 12.5 Å². The van der Waals surface area contributed by atoms with Crippen molar-refractivity contribution in [2.75, 3.05) is 7.11 Å². The Balaban J connectivity index is 1.43. The van der Waals surface area contributed by atoms with Crippen molar-refractivity contribution in [1.29, 1.82) is 0 Å². The average molecular weight is 711 g/mol. The van der Waals surface area contributed by atoms with Crippen LogP contribution in [0.4, 0.5) is 0 Å². The summed E-state index contributed by atoms with van der Waals surface area (Å²) in [6.45, 7) is 26.4. The molecule has 5 fully saturated rings. The van der Waals surface area contributed by atoms with Crippen molar-refractivity contribution in [3.63, 3.8) is 0 Å². The van der Waals surface area contributed by atoms with Gasteiger partial charge in [0.25, 0.3) is 0 Å². The minimum atomic E-state index is -1.10. The van der Waals surface area contributed by atoms with Crippen LogP contribution >= 0.6 is 0 Å². The second-order valence-electron chi connectivity index (χ2n) is 20.4. The minimum absolute atomic E-state index is 0.0112. The Kier molecular flexibility index (Phi) is 10.5. The van der Waals surface area contributed by atoms with E-state index in [1.165, 1.54) is 12.7 Å². The molecule has 0 radical (unpaired) electrons. The fourth-order valence-electron chi connectivity index (χ4n) is 13.7. The molecule has 0 aliphatic heterocycles. The first-order chi connectivity index (χ1) is 23.5. The standard InChI is InChI=1S/C43H70N2O6/c1-25(2)23-29(35(47)51-12)44-36(48)43-20-15-27(26(3)4)34(43)28-13-14-31-40(9)18-17-32(45-33(46)24-38(5,6)37(49)50)39(7,8)30(40)16-19-42(31,11)41(28,10)21-22-43/h25,27-32,34H,3,13-24H2,1-2,4-12H3,(H,44,48)(H,45,46)(H,49,50). The van der Waals surface area contributed by atoms with Crippen LogP contribution in [0.25, 0.3) is 0 Å². The van der Waals surface area contributed by atoms with Crippen LogP contribution in [-0.4, -0.2) is 48.1 Å². The molecule has 0 heterocycles. The Morgan fingerprint density at radius 3 is 2.14 bits per heavy atom. The lowest BCUT2D eigenvalue weighted by molar-refractivity contribution is -0.238. The van der Waals surface area contributed by atoms with Crippen LogP contribution < -0.4 is 10.6 Å². The first kappa shape index (κ1) is 39.8. The van der Waals surface area contributed by atoms with Crippen LogP contribution in [0.5, 0.6) is 0 Å². The van der Waals surface area contributed by atoms with E-state index in [0.29, 0.717) is 30.1 Å². The number of carbonyl (C=O) groups excluding carboxylic acids is 3. The number of amides is 2. The molecule has 11 atom stereocenters. The summed E-state index contributed by atoms with van der Waals surface area (Å²) in [6.07, 6.45) is 10.6. The third-order valence-electron chi connectivity index (χ3n) is 16.6. The Hall–Kier alpha value is -2.38. The quantitative estimate of drug-likeness (QED) is 0.155. The van der Waals surface area contributed by atoms with Crippen molar-refractivity contribution in [3.8, 4) is 0 Å². The van der Waals surface area contributed by atoms with E-state index in [1.807, 2.05) is 0 Å². The second kappa shape index (κ2) is 13.5. The van der Waals surface area contributed by atoms with Gasteiger partial charge < -0.3 is 20.5 Å². The highest BCUT2D eigenvalue weighted by Crippen LogP contribution is 2.77. The summed E-state index contributed by atoms with van der Waals surface area (Å²) >= 11 is 0. The normalized spacial score (nSPS) is 40.5. The van der Waals surface area contributed by atoms with Gasteiger partial charge in [-0.1, -0.05) is 60.6 Å². The number of rotatable bonds is 10. The predicted octanol–water partition coefficient (Wildman–Crippen LogP) is 8.33. The van der Waals surface area contributed by atoms with Gasteiger partial charge in [0.1, 0.15) is 6.04 Å². The molecule has 5 aliphatic rings. The summed E-state index contributed by atoms with van der Waals surface area (Å²) in [4.78, 5) is 52.5. The van der Waals surface area contributed by atoms with Gasteiger partial charge in [-0.25, -0.2) is 4.79 Å². The molecule has 0 spiro atoms. The molecule has 51 heavy (non-hydrogen) atoms. The lowest BCUT2D eigenvalue weighted by Gasteiger charge is -2.73. The number of hydrogen-bond donors (Lipinski definition) is 3. The van der Waals surface area contributed by atoms with Gasteiger partial charge >= 0.3 is 11.9 Å². The van der Waals surface area contributed by atoms with E-state index < -0.39 is 22.8 Å². The maximum Gasteiger partial charge on any atom is 0.328 e. The summed E-state index contributed by atoms with van der Waals surface area (Å²) in [7, 11) is 1.41. The van der Waals surface area contributed by atoms with Crippen molar-refractivity contribution < 1.29 is 29.0 Å². The summed E-state index contributed by atoms with van der Waals surface area (Å²) < 4.78 is 5.15. The third-order valence-corrected chi connectivity index (χ3v) is 16.6. The molecule has 8 nitrogen and oxygen atoms in total. The summed E-state index contributed by atoms with van der Waals surface area (Å²) in [6, 6.07) is -0.623. The van der Waals surface area contributed by atoms with Crippen LogP contribution in [0.15, 0.2) is 12.2 Å². The first-order valence-corrected chi connectivity index (χ1v) is 20.1. The zero-order valence-electron chi connectivity index (χ0n) is 33.8. The Morgan fingerprint density at radius 2 is 1.55 bits per heavy atom. The molecule has 3 N–H and O–H groups in total. The molecule has 0 bridgehead atoms. The molecule has 0 aromatic heterocycles. The zero-order chi connectivity index (χ0) is 38.1. The van der Waals surface area contributed by atoms with Gasteiger partial charge in [0.05, 0.1) is 17.9 Å². The number of hydrogen-bond acceptors (Lipinski definition) is 5. The van der Waals surface area contributed by atoms with Crippen LogP contribution in [0.3, 0.4) is 0 Å². The number of carbonyl (C=O) groups is 4. The number of methoxy groups -OCH3 is 1. The maximum atomic E-state index is 14.6. The highest BCUT2D eigenvalue weighted by atomic mass is 16.5. The summed E-state index contributed by atoms with van der Waals surface area (Å²) in [5.41, 5.74) is -0.264. The van der Waals surface area contributed by atoms with Crippen LogP contribution in [0.1, 0.15) is 146 Å². The molecule has 2 amide bonds. The maximum absolute atomic E-state index is 14.6. The number of carboxylic acids is 1. The molecule has 11 unspecified atom stereocenters. The lowest BCUT2D eigenvalue weighted by Crippen LogP contribution is -2.68. The number of ether oxygens (including phenoxy) is 1. The number of nitrogens with one attached hydrogen (secondary N) is 2. The molecule has 5 rings (SSSR count). The Labute approximate surface area is 308 Å². The number of carboxylic acid groups (broad SMARTS) is 1. The summed E-state index contributed by atoms with van der Waals surface area (Å²) in [5, 5.41) is 16.2. The molecular formula is C43H70N2O6. The molecule has 5 saturated carbocycles. The van der Waals surface area contributed by atoms with Crippen molar-refractivity contribution >= 4 is 23.8 Å². The van der Waals surface area contributed by atoms with E-state index >= 15 is 0 Å². The largest absolute Gasteiger partial charge is 0.481 e. The van der Waals surface area contributed by atoms with Crippen LogP contribution in [0, 0.1) is 68.0 Å².